The van der Waals surface area contributed by atoms with E-state index in [2.05, 4.69) is 15.7 Å². The molecule has 0 saturated heterocycles. The fourth-order valence-electron chi connectivity index (χ4n) is 2.15. The number of carbonyl (C=O) groups excluding carboxylic acids is 1. The summed E-state index contributed by atoms with van der Waals surface area (Å²) in [5, 5.41) is 19.0. The van der Waals surface area contributed by atoms with Crippen molar-refractivity contribution in [2.75, 3.05) is 25.6 Å². The molecule has 1 aromatic carbocycles. The monoisotopic (exact) mass is 318 g/mol. The molecule has 0 bridgehead atoms. The van der Waals surface area contributed by atoms with Crippen molar-refractivity contribution in [1.29, 1.82) is 0 Å². The number of urea groups is 1. The number of nitrogens with one attached hydrogen (secondary N) is 2. The normalized spacial score (nSPS) is 11.9. The molecule has 2 aromatic rings. The van der Waals surface area contributed by atoms with Gasteiger partial charge in [0.05, 0.1) is 37.7 Å². The summed E-state index contributed by atoms with van der Waals surface area (Å²) in [6.07, 6.45) is 3.86. The van der Waals surface area contributed by atoms with E-state index in [0.717, 1.165) is 5.56 Å². The molecule has 1 atom stereocenters. The first kappa shape index (κ1) is 17.0. The molecule has 0 aliphatic carbocycles. The average molecular weight is 318 g/mol. The van der Waals surface area contributed by atoms with E-state index in [9.17, 15) is 9.90 Å². The number of ether oxygens (including phenoxy) is 1. The maximum atomic E-state index is 12.0. The van der Waals surface area contributed by atoms with Crippen LogP contribution in [0.3, 0.4) is 0 Å². The first-order valence-corrected chi connectivity index (χ1v) is 7.45. The van der Waals surface area contributed by atoms with E-state index in [1.54, 1.807) is 24.2 Å². The molecule has 7 nitrogen and oxygen atoms in total. The van der Waals surface area contributed by atoms with E-state index in [0.29, 0.717) is 25.3 Å². The Balaban J connectivity index is 1.83. The lowest BCUT2D eigenvalue weighted by atomic mass is 10.1. The van der Waals surface area contributed by atoms with Crippen LogP contribution in [0.15, 0.2) is 42.7 Å². The Hall–Kier alpha value is -2.38. The van der Waals surface area contributed by atoms with Crippen LogP contribution < -0.4 is 10.6 Å². The lowest BCUT2D eigenvalue weighted by Crippen LogP contribution is -2.41. The fraction of sp³-hybridized carbons (Fsp3) is 0.375. The van der Waals surface area contributed by atoms with Crippen molar-refractivity contribution in [3.8, 4) is 0 Å². The van der Waals surface area contributed by atoms with Crippen LogP contribution in [0.5, 0.6) is 0 Å². The predicted octanol–water partition coefficient (Wildman–Crippen LogP) is 1.25. The molecule has 0 fully saturated rings. The number of aliphatic hydroxyl groups excluding tert-OH is 1. The molecule has 3 N–H and O–H groups in total. The summed E-state index contributed by atoms with van der Waals surface area (Å²) < 4.78 is 6.66. The molecule has 0 spiro atoms. The van der Waals surface area contributed by atoms with Crippen molar-refractivity contribution in [1.82, 2.24) is 15.1 Å². The Morgan fingerprint density at radius 1 is 1.39 bits per heavy atom. The van der Waals surface area contributed by atoms with Crippen LogP contribution in [0, 0.1) is 0 Å². The molecule has 0 aliphatic rings. The molecular formula is C16H22N4O3. The summed E-state index contributed by atoms with van der Waals surface area (Å²) >= 11 is 0. The summed E-state index contributed by atoms with van der Waals surface area (Å²) in [5.74, 6) is 0. The highest BCUT2D eigenvalue weighted by Gasteiger charge is 2.12. The Labute approximate surface area is 135 Å². The second-order valence-electron chi connectivity index (χ2n) is 5.15. The van der Waals surface area contributed by atoms with E-state index in [1.165, 1.54) is 0 Å². The van der Waals surface area contributed by atoms with Crippen LogP contribution in [0.1, 0.15) is 5.56 Å². The van der Waals surface area contributed by atoms with Gasteiger partial charge in [-0.1, -0.05) is 30.3 Å². The number of amides is 2. The van der Waals surface area contributed by atoms with E-state index in [4.69, 9.17) is 4.74 Å². The smallest absolute Gasteiger partial charge is 0.319 e. The number of benzene rings is 1. The third-order valence-corrected chi connectivity index (χ3v) is 3.30. The second-order valence-corrected chi connectivity index (χ2v) is 5.15. The highest BCUT2D eigenvalue weighted by atomic mass is 16.5. The summed E-state index contributed by atoms with van der Waals surface area (Å²) in [6, 6.07) is 8.99. The molecule has 0 saturated carbocycles. The van der Waals surface area contributed by atoms with E-state index in [1.807, 2.05) is 30.3 Å². The van der Waals surface area contributed by atoms with Crippen molar-refractivity contribution in [3.63, 3.8) is 0 Å². The molecular weight excluding hydrogens is 296 g/mol. The van der Waals surface area contributed by atoms with Gasteiger partial charge < -0.3 is 20.5 Å². The van der Waals surface area contributed by atoms with Gasteiger partial charge >= 0.3 is 6.03 Å². The standard InChI is InChI=1S/C16H22N4O3/c1-23-8-7-20-11-15(10-17-20)19-16(22)18-14(12-21)9-13-5-3-2-4-6-13/h2-6,10-11,14,21H,7-9,12H2,1H3,(H2,18,19,22). The molecule has 2 amide bonds. The predicted molar refractivity (Wildman–Crippen MR) is 87.3 cm³/mol. The molecule has 1 heterocycles. The zero-order valence-corrected chi connectivity index (χ0v) is 13.1. The van der Waals surface area contributed by atoms with Crippen molar-refractivity contribution < 1.29 is 14.6 Å². The van der Waals surface area contributed by atoms with Crippen molar-refractivity contribution in [3.05, 3.63) is 48.3 Å². The number of methoxy groups -OCH3 is 1. The van der Waals surface area contributed by atoms with Crippen LogP contribution in [0.2, 0.25) is 0 Å². The number of hydrogen-bond acceptors (Lipinski definition) is 4. The molecule has 7 heteroatoms. The number of hydrogen-bond donors (Lipinski definition) is 3. The van der Waals surface area contributed by atoms with Crippen LogP contribution in [0.4, 0.5) is 10.5 Å². The Morgan fingerprint density at radius 2 is 2.17 bits per heavy atom. The minimum Gasteiger partial charge on any atom is -0.394 e. The average Bonchev–Trinajstić information content (AvgIpc) is 3.00. The summed E-state index contributed by atoms with van der Waals surface area (Å²) in [7, 11) is 1.62. The number of nitrogens with zero attached hydrogens (tertiary/aromatic N) is 2. The molecule has 0 aliphatic heterocycles. The zero-order chi connectivity index (χ0) is 16.5. The van der Waals surface area contributed by atoms with Crippen LogP contribution in [-0.4, -0.2) is 47.3 Å². The minimum absolute atomic E-state index is 0.130. The lowest BCUT2D eigenvalue weighted by Gasteiger charge is -2.16. The molecule has 0 radical (unpaired) electrons. The molecule has 2 rings (SSSR count). The van der Waals surface area contributed by atoms with Gasteiger partial charge in [-0.3, -0.25) is 4.68 Å². The molecule has 124 valence electrons. The van der Waals surface area contributed by atoms with Gasteiger partial charge in [-0.15, -0.1) is 0 Å². The van der Waals surface area contributed by atoms with Gasteiger partial charge in [0.2, 0.25) is 0 Å². The first-order chi connectivity index (χ1) is 11.2. The highest BCUT2D eigenvalue weighted by Crippen LogP contribution is 2.06. The summed E-state index contributed by atoms with van der Waals surface area (Å²) in [4.78, 5) is 12.0. The zero-order valence-electron chi connectivity index (χ0n) is 13.1. The van der Waals surface area contributed by atoms with Crippen molar-refractivity contribution in [2.24, 2.45) is 0 Å². The summed E-state index contributed by atoms with van der Waals surface area (Å²) in [5.41, 5.74) is 1.65. The maximum absolute atomic E-state index is 12.0. The van der Waals surface area contributed by atoms with Crippen LogP contribution in [-0.2, 0) is 17.7 Å². The first-order valence-electron chi connectivity index (χ1n) is 7.45. The SMILES string of the molecule is COCCn1cc(NC(=O)NC(CO)Cc2ccccc2)cn1. The second kappa shape index (κ2) is 8.92. The van der Waals surface area contributed by atoms with Gasteiger partial charge in [0.1, 0.15) is 0 Å². The Bertz CT molecular complexity index is 600. The highest BCUT2D eigenvalue weighted by molar-refractivity contribution is 5.89. The van der Waals surface area contributed by atoms with Crippen LogP contribution >= 0.6 is 0 Å². The third-order valence-electron chi connectivity index (χ3n) is 3.30. The quantitative estimate of drug-likeness (QED) is 0.683. The number of aromatic nitrogens is 2. The molecule has 23 heavy (non-hydrogen) atoms. The van der Waals surface area contributed by atoms with Gasteiger partial charge in [0, 0.05) is 13.3 Å². The largest absolute Gasteiger partial charge is 0.394 e. The Morgan fingerprint density at radius 3 is 2.87 bits per heavy atom. The van der Waals surface area contributed by atoms with Crippen LogP contribution in [0.25, 0.3) is 0 Å². The Kier molecular flexibility index (Phi) is 6.58. The van der Waals surface area contributed by atoms with E-state index < -0.39 is 0 Å². The number of rotatable bonds is 8. The summed E-state index contributed by atoms with van der Waals surface area (Å²) in [6.45, 7) is 1.04. The van der Waals surface area contributed by atoms with Gasteiger partial charge in [0.25, 0.3) is 0 Å². The van der Waals surface area contributed by atoms with Crippen molar-refractivity contribution >= 4 is 11.7 Å². The number of anilines is 1. The van der Waals surface area contributed by atoms with Gasteiger partial charge in [-0.2, -0.15) is 5.10 Å². The number of aliphatic hydroxyl groups is 1. The van der Waals surface area contributed by atoms with Crippen molar-refractivity contribution in [2.45, 2.75) is 19.0 Å². The molecule has 1 unspecified atom stereocenters. The lowest BCUT2D eigenvalue weighted by molar-refractivity contribution is 0.183. The van der Waals surface area contributed by atoms with Gasteiger partial charge in [-0.05, 0) is 12.0 Å². The topological polar surface area (TPSA) is 88.4 Å². The third kappa shape index (κ3) is 5.72. The maximum Gasteiger partial charge on any atom is 0.319 e. The number of carbonyl (C=O) groups is 1. The molecule has 1 aromatic heterocycles. The fourth-order valence-corrected chi connectivity index (χ4v) is 2.15. The van der Waals surface area contributed by atoms with Gasteiger partial charge in [-0.25, -0.2) is 4.79 Å². The van der Waals surface area contributed by atoms with E-state index >= 15 is 0 Å². The van der Waals surface area contributed by atoms with E-state index in [-0.39, 0.29) is 18.7 Å². The van der Waals surface area contributed by atoms with Gasteiger partial charge in [0.15, 0.2) is 0 Å². The minimum atomic E-state index is -0.369.